The highest BCUT2D eigenvalue weighted by atomic mass is 32.2. The highest BCUT2D eigenvalue weighted by Crippen LogP contribution is 2.22. The molecule has 2 atom stereocenters. The number of rotatable bonds is 6. The summed E-state index contributed by atoms with van der Waals surface area (Å²) in [6, 6.07) is 6.66. The molecule has 0 aliphatic carbocycles. The van der Waals surface area contributed by atoms with Gasteiger partial charge in [-0.15, -0.1) is 0 Å². The smallest absolute Gasteiger partial charge is 0.261 e. The van der Waals surface area contributed by atoms with E-state index in [9.17, 15) is 14.4 Å². The van der Waals surface area contributed by atoms with Gasteiger partial charge in [0.1, 0.15) is 6.04 Å². The van der Waals surface area contributed by atoms with Gasteiger partial charge in [-0.3, -0.25) is 19.0 Å². The SMILES string of the molecule is CSCC[C@@H](NC(C)=O)C(=O)N1CCC[C@@H](n2cnc3ccccc3c2=O)C1. The Balaban J connectivity index is 1.79. The van der Waals surface area contributed by atoms with Crippen LogP contribution in [0, 0.1) is 0 Å². The summed E-state index contributed by atoms with van der Waals surface area (Å²) in [6.45, 7) is 2.52. The van der Waals surface area contributed by atoms with E-state index in [2.05, 4.69) is 10.3 Å². The molecule has 1 aromatic heterocycles. The molecule has 1 aliphatic rings. The van der Waals surface area contributed by atoms with Crippen LogP contribution in [0.3, 0.4) is 0 Å². The fraction of sp³-hybridized carbons (Fsp3) is 0.500. The van der Waals surface area contributed by atoms with E-state index in [4.69, 9.17) is 0 Å². The van der Waals surface area contributed by atoms with Crippen molar-refractivity contribution in [2.75, 3.05) is 25.1 Å². The Morgan fingerprint density at radius 1 is 1.36 bits per heavy atom. The molecule has 28 heavy (non-hydrogen) atoms. The topological polar surface area (TPSA) is 84.3 Å². The zero-order chi connectivity index (χ0) is 20.1. The number of nitrogens with one attached hydrogen (secondary N) is 1. The second-order valence-corrected chi connectivity index (χ2v) is 8.07. The van der Waals surface area contributed by atoms with E-state index in [1.165, 1.54) is 6.92 Å². The minimum Gasteiger partial charge on any atom is -0.345 e. The van der Waals surface area contributed by atoms with E-state index >= 15 is 0 Å². The van der Waals surface area contributed by atoms with Gasteiger partial charge in [-0.05, 0) is 43.4 Å². The average molecular weight is 403 g/mol. The van der Waals surface area contributed by atoms with E-state index in [0.717, 1.165) is 18.6 Å². The largest absolute Gasteiger partial charge is 0.345 e. The molecule has 2 amide bonds. The summed E-state index contributed by atoms with van der Waals surface area (Å²) in [5, 5.41) is 3.37. The molecule has 0 saturated carbocycles. The first-order chi connectivity index (χ1) is 13.5. The van der Waals surface area contributed by atoms with Crippen molar-refractivity contribution in [2.24, 2.45) is 0 Å². The van der Waals surface area contributed by atoms with E-state index in [0.29, 0.717) is 30.4 Å². The van der Waals surface area contributed by atoms with Crippen molar-refractivity contribution in [3.8, 4) is 0 Å². The number of likely N-dealkylation sites (tertiary alicyclic amines) is 1. The van der Waals surface area contributed by atoms with Crippen molar-refractivity contribution in [3.05, 3.63) is 40.9 Å². The highest BCUT2D eigenvalue weighted by Gasteiger charge is 2.30. The summed E-state index contributed by atoms with van der Waals surface area (Å²) in [5.41, 5.74) is 0.598. The number of piperidine rings is 1. The van der Waals surface area contributed by atoms with Crippen LogP contribution < -0.4 is 10.9 Å². The first-order valence-electron chi connectivity index (χ1n) is 9.52. The number of para-hydroxylation sites is 1. The number of nitrogens with zero attached hydrogens (tertiary/aromatic N) is 3. The van der Waals surface area contributed by atoms with Gasteiger partial charge in [0, 0.05) is 20.0 Å². The van der Waals surface area contributed by atoms with Crippen LogP contribution in [0.4, 0.5) is 0 Å². The second-order valence-electron chi connectivity index (χ2n) is 7.09. The molecule has 0 radical (unpaired) electrons. The van der Waals surface area contributed by atoms with Gasteiger partial charge in [0.25, 0.3) is 5.56 Å². The Morgan fingerprint density at radius 2 is 2.14 bits per heavy atom. The van der Waals surface area contributed by atoms with Gasteiger partial charge in [0.2, 0.25) is 11.8 Å². The van der Waals surface area contributed by atoms with Gasteiger partial charge in [0.15, 0.2) is 0 Å². The number of amides is 2. The van der Waals surface area contributed by atoms with Crippen LogP contribution in [0.25, 0.3) is 10.9 Å². The zero-order valence-corrected chi connectivity index (χ0v) is 17.1. The van der Waals surface area contributed by atoms with Crippen molar-refractivity contribution in [2.45, 2.75) is 38.3 Å². The maximum absolute atomic E-state index is 13.0. The van der Waals surface area contributed by atoms with Gasteiger partial charge < -0.3 is 10.2 Å². The van der Waals surface area contributed by atoms with Gasteiger partial charge >= 0.3 is 0 Å². The Morgan fingerprint density at radius 3 is 2.89 bits per heavy atom. The van der Waals surface area contributed by atoms with Crippen LogP contribution in [-0.4, -0.2) is 57.4 Å². The van der Waals surface area contributed by atoms with Crippen LogP contribution in [-0.2, 0) is 9.59 Å². The number of thioether (sulfide) groups is 1. The second kappa shape index (κ2) is 9.23. The molecule has 1 N–H and O–H groups in total. The Labute approximate surface area is 168 Å². The van der Waals surface area contributed by atoms with Crippen LogP contribution in [0.2, 0.25) is 0 Å². The third-order valence-corrected chi connectivity index (χ3v) is 5.72. The van der Waals surface area contributed by atoms with Crippen molar-refractivity contribution in [1.29, 1.82) is 0 Å². The average Bonchev–Trinajstić information content (AvgIpc) is 2.71. The summed E-state index contributed by atoms with van der Waals surface area (Å²) >= 11 is 1.65. The molecule has 0 spiro atoms. The number of hydrogen-bond acceptors (Lipinski definition) is 5. The van der Waals surface area contributed by atoms with E-state index < -0.39 is 6.04 Å². The Hall–Kier alpha value is -2.35. The molecular weight excluding hydrogens is 376 g/mol. The lowest BCUT2D eigenvalue weighted by Gasteiger charge is -2.35. The predicted molar refractivity (Wildman–Crippen MR) is 111 cm³/mol. The fourth-order valence-electron chi connectivity index (χ4n) is 3.68. The minimum absolute atomic E-state index is 0.0734. The van der Waals surface area contributed by atoms with Gasteiger partial charge in [-0.1, -0.05) is 12.1 Å². The molecule has 1 saturated heterocycles. The molecular formula is C20H26N4O3S. The molecule has 7 nitrogen and oxygen atoms in total. The molecule has 8 heteroatoms. The third-order valence-electron chi connectivity index (χ3n) is 5.08. The van der Waals surface area contributed by atoms with Crippen molar-refractivity contribution < 1.29 is 9.59 Å². The molecule has 1 aliphatic heterocycles. The molecule has 1 aromatic carbocycles. The van der Waals surface area contributed by atoms with E-state index in [1.807, 2.05) is 24.5 Å². The normalized spacial score (nSPS) is 18.1. The maximum Gasteiger partial charge on any atom is 0.261 e. The predicted octanol–water partition coefficient (Wildman–Crippen LogP) is 1.82. The zero-order valence-electron chi connectivity index (χ0n) is 16.3. The van der Waals surface area contributed by atoms with Crippen LogP contribution in [0.5, 0.6) is 0 Å². The first kappa shape index (κ1) is 20.4. The third kappa shape index (κ3) is 4.55. The molecule has 2 heterocycles. The van der Waals surface area contributed by atoms with Crippen LogP contribution in [0.1, 0.15) is 32.2 Å². The lowest BCUT2D eigenvalue weighted by molar-refractivity contribution is -0.137. The Bertz CT molecular complexity index is 914. The van der Waals surface area contributed by atoms with Crippen LogP contribution in [0.15, 0.2) is 35.4 Å². The highest BCUT2D eigenvalue weighted by molar-refractivity contribution is 7.98. The standard InChI is InChI=1S/C20H26N4O3S/c1-14(25)22-18(9-11-28-2)20(27)23-10-5-6-15(12-23)24-13-21-17-8-4-3-7-16(17)19(24)26/h3-4,7-8,13,15,18H,5-6,9-12H2,1-2H3,(H,22,25)/t15-,18-/m1/s1. The van der Waals surface area contributed by atoms with Crippen molar-refractivity contribution >= 4 is 34.5 Å². The number of aromatic nitrogens is 2. The summed E-state index contributed by atoms with van der Waals surface area (Å²) in [4.78, 5) is 43.6. The van der Waals surface area contributed by atoms with Crippen molar-refractivity contribution in [1.82, 2.24) is 19.8 Å². The van der Waals surface area contributed by atoms with E-state index in [1.54, 1.807) is 33.6 Å². The number of carbonyl (C=O) groups is 2. The summed E-state index contributed by atoms with van der Waals surface area (Å²) in [7, 11) is 0. The lowest BCUT2D eigenvalue weighted by Crippen LogP contribution is -2.52. The summed E-state index contributed by atoms with van der Waals surface area (Å²) in [6.07, 6.45) is 5.79. The molecule has 0 bridgehead atoms. The number of benzene rings is 1. The molecule has 2 aromatic rings. The van der Waals surface area contributed by atoms with E-state index in [-0.39, 0.29) is 23.4 Å². The minimum atomic E-state index is -0.518. The monoisotopic (exact) mass is 402 g/mol. The lowest BCUT2D eigenvalue weighted by atomic mass is 10.0. The summed E-state index contributed by atoms with van der Waals surface area (Å²) in [5.74, 6) is 0.515. The van der Waals surface area contributed by atoms with Gasteiger partial charge in [-0.25, -0.2) is 4.98 Å². The molecule has 1 fully saturated rings. The molecule has 0 unspecified atom stereocenters. The summed E-state index contributed by atoms with van der Waals surface area (Å²) < 4.78 is 1.65. The van der Waals surface area contributed by atoms with Gasteiger partial charge in [-0.2, -0.15) is 11.8 Å². The molecule has 150 valence electrons. The number of carbonyl (C=O) groups excluding carboxylic acids is 2. The maximum atomic E-state index is 13.0. The quantitative estimate of drug-likeness (QED) is 0.797. The molecule has 3 rings (SSSR count). The fourth-order valence-corrected chi connectivity index (χ4v) is 4.16. The Kier molecular flexibility index (Phi) is 6.72. The number of fused-ring (bicyclic) bond motifs is 1. The van der Waals surface area contributed by atoms with Crippen LogP contribution >= 0.6 is 11.8 Å². The van der Waals surface area contributed by atoms with Crippen molar-refractivity contribution in [3.63, 3.8) is 0 Å². The number of hydrogen-bond donors (Lipinski definition) is 1. The first-order valence-corrected chi connectivity index (χ1v) is 10.9. The van der Waals surface area contributed by atoms with Gasteiger partial charge in [0.05, 0.1) is 23.3 Å².